The van der Waals surface area contributed by atoms with Crippen molar-refractivity contribution in [1.82, 2.24) is 10.0 Å². The van der Waals surface area contributed by atoms with Crippen molar-refractivity contribution in [3.8, 4) is 11.8 Å². The summed E-state index contributed by atoms with van der Waals surface area (Å²) in [6, 6.07) is 7.40. The molecular formula is C14H13N3O3S. The second-order valence-corrected chi connectivity index (χ2v) is 5.04. The first kappa shape index (κ1) is 15.0. The predicted molar refractivity (Wildman–Crippen MR) is 76.6 cm³/mol. The van der Waals surface area contributed by atoms with Gasteiger partial charge in [0.15, 0.2) is 10.9 Å². The van der Waals surface area contributed by atoms with Gasteiger partial charge in [0, 0.05) is 6.20 Å². The van der Waals surface area contributed by atoms with Crippen molar-refractivity contribution >= 4 is 17.8 Å². The number of nitrogens with zero attached hydrogens (tertiary/aromatic N) is 2. The standard InChI is InChI=1S/C14H13N3O3S/c1-10(17(19)14(15)18)5-6-11-7-8-13(20-11)21-12-4-2-3-9-16-12/h2-4,7-10,19H,1H3,(H2,15,18). The third kappa shape index (κ3) is 4.27. The zero-order chi connectivity index (χ0) is 15.2. The van der Waals surface area contributed by atoms with E-state index in [1.807, 2.05) is 18.2 Å². The molecule has 0 aliphatic rings. The molecule has 2 amide bonds. The van der Waals surface area contributed by atoms with Gasteiger partial charge in [-0.15, -0.1) is 0 Å². The van der Waals surface area contributed by atoms with Gasteiger partial charge < -0.3 is 10.2 Å². The highest BCUT2D eigenvalue weighted by molar-refractivity contribution is 7.99. The number of carbonyl (C=O) groups excluding carboxylic acids is 1. The number of amides is 2. The molecule has 2 aromatic rings. The molecule has 7 heteroatoms. The van der Waals surface area contributed by atoms with Gasteiger partial charge >= 0.3 is 6.03 Å². The normalized spacial score (nSPS) is 11.3. The number of aromatic nitrogens is 1. The molecule has 0 aromatic carbocycles. The summed E-state index contributed by atoms with van der Waals surface area (Å²) in [6.45, 7) is 1.55. The van der Waals surface area contributed by atoms with Crippen LogP contribution < -0.4 is 5.73 Å². The quantitative estimate of drug-likeness (QED) is 0.516. The van der Waals surface area contributed by atoms with Crippen LogP contribution >= 0.6 is 11.8 Å². The molecule has 108 valence electrons. The lowest BCUT2D eigenvalue weighted by Gasteiger charge is -2.14. The second kappa shape index (κ2) is 6.83. The van der Waals surface area contributed by atoms with Crippen LogP contribution in [0.5, 0.6) is 0 Å². The molecule has 1 unspecified atom stereocenters. The van der Waals surface area contributed by atoms with Crippen LogP contribution in [0.2, 0.25) is 0 Å². The number of carbonyl (C=O) groups is 1. The van der Waals surface area contributed by atoms with Gasteiger partial charge in [-0.3, -0.25) is 5.21 Å². The van der Waals surface area contributed by atoms with Crippen molar-refractivity contribution in [3.05, 3.63) is 42.3 Å². The van der Waals surface area contributed by atoms with Gasteiger partial charge in [0.2, 0.25) is 0 Å². The molecule has 2 aromatic heterocycles. The summed E-state index contributed by atoms with van der Waals surface area (Å²) in [5, 5.41) is 11.1. The van der Waals surface area contributed by atoms with Gasteiger partial charge in [-0.25, -0.2) is 9.78 Å². The van der Waals surface area contributed by atoms with Gasteiger partial charge in [0.05, 0.1) is 0 Å². The van der Waals surface area contributed by atoms with Crippen LogP contribution in [0.25, 0.3) is 0 Å². The molecule has 0 bridgehead atoms. The fraction of sp³-hybridized carbons (Fsp3) is 0.143. The van der Waals surface area contributed by atoms with E-state index in [1.165, 1.54) is 11.8 Å². The third-order valence-corrected chi connectivity index (χ3v) is 3.29. The van der Waals surface area contributed by atoms with Gasteiger partial charge in [-0.1, -0.05) is 12.0 Å². The van der Waals surface area contributed by atoms with E-state index in [-0.39, 0.29) is 0 Å². The predicted octanol–water partition coefficient (Wildman–Crippen LogP) is 2.34. The van der Waals surface area contributed by atoms with Crippen LogP contribution in [0.3, 0.4) is 0 Å². The van der Waals surface area contributed by atoms with Crippen molar-refractivity contribution in [3.63, 3.8) is 0 Å². The Kier molecular flexibility index (Phi) is 4.87. The molecule has 0 aliphatic heterocycles. The van der Waals surface area contributed by atoms with Crippen LogP contribution in [-0.2, 0) is 0 Å². The number of furan rings is 1. The summed E-state index contributed by atoms with van der Waals surface area (Å²) in [7, 11) is 0. The first-order chi connectivity index (χ1) is 10.1. The first-order valence-corrected chi connectivity index (χ1v) is 6.85. The number of hydroxylamine groups is 2. The highest BCUT2D eigenvalue weighted by Crippen LogP contribution is 2.27. The van der Waals surface area contributed by atoms with Crippen molar-refractivity contribution in [2.24, 2.45) is 5.73 Å². The summed E-state index contributed by atoms with van der Waals surface area (Å²) in [6.07, 6.45) is 1.70. The number of nitrogens with two attached hydrogens (primary N) is 1. The molecule has 0 fully saturated rings. The monoisotopic (exact) mass is 303 g/mol. The van der Waals surface area contributed by atoms with E-state index in [2.05, 4.69) is 16.8 Å². The lowest BCUT2D eigenvalue weighted by atomic mass is 10.3. The molecule has 21 heavy (non-hydrogen) atoms. The Morgan fingerprint density at radius 1 is 1.48 bits per heavy atom. The smallest absolute Gasteiger partial charge is 0.339 e. The lowest BCUT2D eigenvalue weighted by Crippen LogP contribution is -2.38. The average molecular weight is 303 g/mol. The maximum absolute atomic E-state index is 10.8. The number of primary amides is 1. The second-order valence-electron chi connectivity index (χ2n) is 4.02. The van der Waals surface area contributed by atoms with Crippen molar-refractivity contribution in [1.29, 1.82) is 0 Å². The van der Waals surface area contributed by atoms with E-state index in [1.54, 1.807) is 25.3 Å². The molecule has 6 nitrogen and oxygen atoms in total. The van der Waals surface area contributed by atoms with E-state index in [0.717, 1.165) is 5.03 Å². The van der Waals surface area contributed by atoms with Crippen molar-refractivity contribution in [2.75, 3.05) is 0 Å². The third-order valence-electron chi connectivity index (χ3n) is 2.42. The van der Waals surface area contributed by atoms with E-state index in [9.17, 15) is 10.0 Å². The van der Waals surface area contributed by atoms with Crippen molar-refractivity contribution < 1.29 is 14.4 Å². The Morgan fingerprint density at radius 2 is 2.29 bits per heavy atom. The van der Waals surface area contributed by atoms with Gasteiger partial charge in [0.1, 0.15) is 11.1 Å². The average Bonchev–Trinajstić information content (AvgIpc) is 2.92. The molecule has 0 aliphatic carbocycles. The summed E-state index contributed by atoms with van der Waals surface area (Å²) in [5.74, 6) is 5.82. The van der Waals surface area contributed by atoms with E-state index >= 15 is 0 Å². The van der Waals surface area contributed by atoms with Crippen LogP contribution in [-0.4, -0.2) is 27.3 Å². The number of rotatable bonds is 3. The Labute approximate surface area is 125 Å². The zero-order valence-electron chi connectivity index (χ0n) is 11.2. The lowest BCUT2D eigenvalue weighted by molar-refractivity contribution is -0.0536. The van der Waals surface area contributed by atoms with Crippen LogP contribution in [0, 0.1) is 11.8 Å². The van der Waals surface area contributed by atoms with E-state index in [4.69, 9.17) is 10.2 Å². The van der Waals surface area contributed by atoms with Crippen LogP contribution in [0.15, 0.2) is 51.1 Å². The number of pyridine rings is 1. The molecule has 2 rings (SSSR count). The molecule has 0 saturated carbocycles. The fourth-order valence-electron chi connectivity index (χ4n) is 1.38. The fourth-order valence-corrected chi connectivity index (χ4v) is 2.11. The molecule has 2 heterocycles. The summed E-state index contributed by atoms with van der Waals surface area (Å²) in [4.78, 5) is 14.9. The van der Waals surface area contributed by atoms with E-state index < -0.39 is 12.1 Å². The summed E-state index contributed by atoms with van der Waals surface area (Å²) < 4.78 is 5.51. The minimum Gasteiger partial charge on any atom is -0.441 e. The minimum atomic E-state index is -0.956. The van der Waals surface area contributed by atoms with Gasteiger partial charge in [-0.05, 0) is 48.9 Å². The topological polar surface area (TPSA) is 92.6 Å². The summed E-state index contributed by atoms with van der Waals surface area (Å²) in [5.41, 5.74) is 4.93. The Balaban J connectivity index is 2.02. The molecule has 0 radical (unpaired) electrons. The number of hydrogen-bond acceptors (Lipinski definition) is 5. The molecule has 1 atom stereocenters. The zero-order valence-corrected chi connectivity index (χ0v) is 12.0. The Hall–Kier alpha value is -2.43. The van der Waals surface area contributed by atoms with E-state index in [0.29, 0.717) is 15.9 Å². The SMILES string of the molecule is CC(C#Cc1ccc(Sc2ccccn2)o1)N(O)C(N)=O. The number of urea groups is 1. The van der Waals surface area contributed by atoms with Gasteiger partial charge in [0.25, 0.3) is 0 Å². The Bertz CT molecular complexity index is 676. The molecule has 0 saturated heterocycles. The van der Waals surface area contributed by atoms with Crippen LogP contribution in [0.1, 0.15) is 12.7 Å². The molecule has 3 N–H and O–H groups in total. The van der Waals surface area contributed by atoms with Crippen LogP contribution in [0.4, 0.5) is 4.79 Å². The van der Waals surface area contributed by atoms with Gasteiger partial charge in [-0.2, -0.15) is 5.06 Å². The first-order valence-electron chi connectivity index (χ1n) is 6.04. The maximum atomic E-state index is 10.8. The van der Waals surface area contributed by atoms with Crippen molar-refractivity contribution in [2.45, 2.75) is 23.1 Å². The summed E-state index contributed by atoms with van der Waals surface area (Å²) >= 11 is 1.37. The Morgan fingerprint density at radius 3 is 2.95 bits per heavy atom. The largest absolute Gasteiger partial charge is 0.441 e. The minimum absolute atomic E-state index is 0.361. The maximum Gasteiger partial charge on any atom is 0.339 e. The molecule has 0 spiro atoms. The molecular weight excluding hydrogens is 290 g/mol. The highest BCUT2D eigenvalue weighted by atomic mass is 32.2. The number of hydrogen-bond donors (Lipinski definition) is 2. The highest BCUT2D eigenvalue weighted by Gasteiger charge is 2.12.